The van der Waals surface area contributed by atoms with E-state index in [0.717, 1.165) is 10.0 Å². The number of aryl methyl sites for hydroxylation is 1. The Morgan fingerprint density at radius 3 is 2.08 bits per heavy atom. The van der Waals surface area contributed by atoms with Crippen LogP contribution in [0.3, 0.4) is 0 Å². The number of nitrogens with zero attached hydrogens (tertiary/aromatic N) is 1. The molecule has 7 nitrogen and oxygen atoms in total. The summed E-state index contributed by atoms with van der Waals surface area (Å²) < 4.78 is 17.8. The van der Waals surface area contributed by atoms with Crippen LogP contribution >= 0.6 is 39.1 Å². The number of nitrogens with one attached hydrogen (secondary N) is 1. The molecule has 0 bridgehead atoms. The van der Waals surface area contributed by atoms with Crippen LogP contribution in [0.1, 0.15) is 21.5 Å². The van der Waals surface area contributed by atoms with Gasteiger partial charge in [-0.15, -0.1) is 0 Å². The van der Waals surface area contributed by atoms with Crippen LogP contribution in [0.4, 0.5) is 0 Å². The van der Waals surface area contributed by atoms with Gasteiger partial charge in [-0.05, 0) is 85.8 Å². The maximum Gasteiger partial charge on any atom is 0.343 e. The number of esters is 1. The van der Waals surface area contributed by atoms with Crippen LogP contribution in [0.2, 0.25) is 10.0 Å². The minimum Gasteiger partial charge on any atom is -0.446 e. The third-order valence-corrected chi connectivity index (χ3v) is 6.13. The van der Waals surface area contributed by atoms with Crippen molar-refractivity contribution in [3.8, 4) is 17.2 Å². The van der Waals surface area contributed by atoms with Crippen molar-refractivity contribution >= 4 is 57.2 Å². The van der Waals surface area contributed by atoms with Crippen molar-refractivity contribution in [2.45, 2.75) is 13.2 Å². The molecule has 0 aliphatic heterocycles. The second kappa shape index (κ2) is 13.3. The van der Waals surface area contributed by atoms with Crippen molar-refractivity contribution in [2.24, 2.45) is 5.10 Å². The molecule has 39 heavy (non-hydrogen) atoms. The second-order valence-electron chi connectivity index (χ2n) is 8.15. The minimum atomic E-state index is -1.40. The van der Waals surface area contributed by atoms with Crippen LogP contribution in [0.25, 0.3) is 0 Å². The molecule has 4 aromatic rings. The average Bonchev–Trinajstić information content (AvgIpc) is 2.92. The van der Waals surface area contributed by atoms with E-state index in [1.165, 1.54) is 6.21 Å². The van der Waals surface area contributed by atoms with Gasteiger partial charge in [-0.1, -0.05) is 56.8 Å². The van der Waals surface area contributed by atoms with Gasteiger partial charge in [0.2, 0.25) is 0 Å². The Morgan fingerprint density at radius 2 is 1.49 bits per heavy atom. The molecule has 0 saturated heterocycles. The summed E-state index contributed by atoms with van der Waals surface area (Å²) in [5, 5.41) is 5.06. The Morgan fingerprint density at radius 1 is 0.872 bits per heavy atom. The summed E-state index contributed by atoms with van der Waals surface area (Å²) in [6.07, 6.45) is -0.0472. The molecule has 0 spiro atoms. The SMILES string of the molecule is Cc1cccc(C(=O)Oc2ccc(Br)cc2C=NNC(=O)C(Oc2ccc(Cl)cc2)Oc2ccc(Cl)cc2)c1. The van der Waals surface area contributed by atoms with Gasteiger partial charge < -0.3 is 14.2 Å². The summed E-state index contributed by atoms with van der Waals surface area (Å²) in [6.45, 7) is 1.89. The summed E-state index contributed by atoms with van der Waals surface area (Å²) >= 11 is 15.3. The molecule has 0 unspecified atom stereocenters. The number of hydrogen-bond donors (Lipinski definition) is 1. The average molecular weight is 628 g/mol. The predicted octanol–water partition coefficient (Wildman–Crippen LogP) is 7.22. The second-order valence-corrected chi connectivity index (χ2v) is 9.94. The fourth-order valence-corrected chi connectivity index (χ4v) is 3.90. The fraction of sp³-hybridized carbons (Fsp3) is 0.0690. The van der Waals surface area contributed by atoms with Crippen molar-refractivity contribution < 1.29 is 23.8 Å². The lowest BCUT2D eigenvalue weighted by Crippen LogP contribution is -2.40. The topological polar surface area (TPSA) is 86.2 Å². The van der Waals surface area contributed by atoms with Gasteiger partial charge in [-0.3, -0.25) is 4.79 Å². The highest BCUT2D eigenvalue weighted by Crippen LogP contribution is 2.24. The van der Waals surface area contributed by atoms with Crippen LogP contribution in [-0.4, -0.2) is 24.4 Å². The molecule has 198 valence electrons. The molecule has 0 aliphatic carbocycles. The quantitative estimate of drug-likeness (QED) is 0.0696. The smallest absolute Gasteiger partial charge is 0.343 e. The molecule has 1 N–H and O–H groups in total. The first-order valence-corrected chi connectivity index (χ1v) is 13.1. The van der Waals surface area contributed by atoms with Gasteiger partial charge in [0, 0.05) is 20.1 Å². The molecule has 0 saturated carbocycles. The molecule has 0 atom stereocenters. The van der Waals surface area contributed by atoms with Gasteiger partial charge in [-0.25, -0.2) is 10.2 Å². The predicted molar refractivity (Wildman–Crippen MR) is 154 cm³/mol. The van der Waals surface area contributed by atoms with E-state index >= 15 is 0 Å². The van der Waals surface area contributed by atoms with E-state index < -0.39 is 18.2 Å². The number of carbonyl (C=O) groups is 2. The lowest BCUT2D eigenvalue weighted by Gasteiger charge is -2.19. The third kappa shape index (κ3) is 8.32. The van der Waals surface area contributed by atoms with E-state index in [1.54, 1.807) is 84.9 Å². The zero-order chi connectivity index (χ0) is 27.8. The summed E-state index contributed by atoms with van der Waals surface area (Å²) in [6, 6.07) is 25.0. The lowest BCUT2D eigenvalue weighted by molar-refractivity contribution is -0.140. The van der Waals surface area contributed by atoms with E-state index in [-0.39, 0.29) is 5.75 Å². The van der Waals surface area contributed by atoms with Crippen molar-refractivity contribution in [1.29, 1.82) is 0 Å². The van der Waals surface area contributed by atoms with Crippen molar-refractivity contribution in [1.82, 2.24) is 5.43 Å². The Labute approximate surface area is 243 Å². The summed E-state index contributed by atoms with van der Waals surface area (Å²) in [5.41, 5.74) is 4.19. The van der Waals surface area contributed by atoms with Crippen LogP contribution in [-0.2, 0) is 4.79 Å². The van der Waals surface area contributed by atoms with Crippen molar-refractivity contribution in [2.75, 3.05) is 0 Å². The zero-order valence-corrected chi connectivity index (χ0v) is 23.5. The van der Waals surface area contributed by atoms with E-state index in [9.17, 15) is 9.59 Å². The number of halogens is 3. The van der Waals surface area contributed by atoms with Gasteiger partial charge in [-0.2, -0.15) is 5.10 Å². The van der Waals surface area contributed by atoms with Gasteiger partial charge in [0.25, 0.3) is 0 Å². The van der Waals surface area contributed by atoms with Gasteiger partial charge in [0.1, 0.15) is 17.2 Å². The highest BCUT2D eigenvalue weighted by molar-refractivity contribution is 9.10. The maximum absolute atomic E-state index is 13.0. The number of hydrazone groups is 1. The monoisotopic (exact) mass is 626 g/mol. The van der Waals surface area contributed by atoms with E-state index in [1.807, 2.05) is 13.0 Å². The van der Waals surface area contributed by atoms with Crippen LogP contribution in [0.5, 0.6) is 17.2 Å². The Hall–Kier alpha value is -3.85. The van der Waals surface area contributed by atoms with Gasteiger partial charge in [0.05, 0.1) is 11.8 Å². The maximum atomic E-state index is 13.0. The molecule has 1 amide bonds. The summed E-state index contributed by atoms with van der Waals surface area (Å²) in [7, 11) is 0. The Kier molecular flexibility index (Phi) is 9.59. The normalized spacial score (nSPS) is 10.9. The fourth-order valence-electron chi connectivity index (χ4n) is 3.27. The molecular formula is C29H21BrCl2N2O5. The largest absolute Gasteiger partial charge is 0.446 e. The van der Waals surface area contributed by atoms with Gasteiger partial charge in [0.15, 0.2) is 0 Å². The highest BCUT2D eigenvalue weighted by Gasteiger charge is 2.23. The molecular weight excluding hydrogens is 607 g/mol. The van der Waals surface area contributed by atoms with Crippen LogP contribution < -0.4 is 19.6 Å². The molecule has 4 rings (SSSR count). The first kappa shape index (κ1) is 28.2. The number of rotatable bonds is 9. The van der Waals surface area contributed by atoms with Crippen molar-refractivity contribution in [3.63, 3.8) is 0 Å². The van der Waals surface area contributed by atoms with Gasteiger partial charge >= 0.3 is 18.2 Å². The molecule has 0 fully saturated rings. The number of hydrogen-bond acceptors (Lipinski definition) is 6. The molecule has 0 radical (unpaired) electrons. The van der Waals surface area contributed by atoms with Crippen LogP contribution in [0, 0.1) is 6.92 Å². The van der Waals surface area contributed by atoms with Crippen LogP contribution in [0.15, 0.2) is 101 Å². The van der Waals surface area contributed by atoms with Crippen molar-refractivity contribution in [3.05, 3.63) is 122 Å². The molecule has 0 aliphatic rings. The first-order valence-electron chi connectivity index (χ1n) is 11.5. The van der Waals surface area contributed by atoms with E-state index in [0.29, 0.717) is 32.7 Å². The minimum absolute atomic E-state index is 0.258. The summed E-state index contributed by atoms with van der Waals surface area (Å²) in [4.78, 5) is 25.7. The number of amides is 1. The first-order chi connectivity index (χ1) is 18.8. The molecule has 4 aromatic carbocycles. The summed E-state index contributed by atoms with van der Waals surface area (Å²) in [5.74, 6) is -0.240. The third-order valence-electron chi connectivity index (χ3n) is 5.13. The van der Waals surface area contributed by atoms with E-state index in [2.05, 4.69) is 26.5 Å². The number of carbonyl (C=O) groups excluding carboxylic acids is 2. The lowest BCUT2D eigenvalue weighted by atomic mass is 10.1. The Bertz CT molecular complexity index is 1450. The Balaban J connectivity index is 1.49. The number of ether oxygens (including phenoxy) is 3. The molecule has 0 aromatic heterocycles. The molecule has 10 heteroatoms. The zero-order valence-electron chi connectivity index (χ0n) is 20.4. The molecule has 0 heterocycles. The van der Waals surface area contributed by atoms with E-state index in [4.69, 9.17) is 37.4 Å². The number of benzene rings is 4. The standard InChI is InChI=1S/C29H21BrCl2N2O5/c1-18-3-2-4-19(15-18)28(36)39-26-14-5-21(30)16-20(26)17-33-34-27(35)29(37-24-10-6-22(31)7-11-24)38-25-12-8-23(32)9-13-25/h2-17,29H,1H3,(H,34,35). The highest BCUT2D eigenvalue weighted by atomic mass is 79.9.